The van der Waals surface area contributed by atoms with E-state index in [2.05, 4.69) is 21.2 Å². The Bertz CT molecular complexity index is 858. The summed E-state index contributed by atoms with van der Waals surface area (Å²) in [6, 6.07) is 7.09. The molecule has 0 saturated heterocycles. The fourth-order valence-electron chi connectivity index (χ4n) is 2.25. The maximum atomic E-state index is 13.7. The number of hydrogen-bond acceptors (Lipinski definition) is 6. The molecule has 0 aliphatic carbocycles. The number of nitrogens with one attached hydrogen (secondary N) is 1. The van der Waals surface area contributed by atoms with E-state index in [-0.39, 0.29) is 22.7 Å². The van der Waals surface area contributed by atoms with E-state index in [9.17, 15) is 14.0 Å². The summed E-state index contributed by atoms with van der Waals surface area (Å²) in [5.41, 5.74) is 0.0284. The van der Waals surface area contributed by atoms with Gasteiger partial charge in [0.25, 0.3) is 5.91 Å². The number of halogens is 2. The Morgan fingerprint density at radius 2 is 1.74 bits per heavy atom. The first-order valence-electron chi connectivity index (χ1n) is 7.62. The highest BCUT2D eigenvalue weighted by Gasteiger charge is 2.22. The Hall–Kier alpha value is -2.81. The monoisotopic (exact) mass is 441 g/mol. The van der Waals surface area contributed by atoms with Gasteiger partial charge in [0.05, 0.1) is 27.0 Å². The number of rotatable bonds is 7. The van der Waals surface area contributed by atoms with E-state index in [0.717, 1.165) is 0 Å². The van der Waals surface area contributed by atoms with Crippen molar-refractivity contribution < 1.29 is 32.9 Å². The molecule has 2 rings (SSSR count). The standard InChI is InChI=1S/C18H17BrFNO6/c1-24-14-7-5-11(16(25-2)17(14)26-3)18(23)27-9-15(22)21-13-6-4-10(19)8-12(13)20/h4-8H,9H2,1-3H3,(H,21,22). The number of esters is 1. The van der Waals surface area contributed by atoms with Gasteiger partial charge in [0.2, 0.25) is 5.75 Å². The SMILES string of the molecule is COc1ccc(C(=O)OCC(=O)Nc2ccc(Br)cc2F)c(OC)c1OC. The van der Waals surface area contributed by atoms with Crippen LogP contribution >= 0.6 is 15.9 Å². The van der Waals surface area contributed by atoms with Gasteiger partial charge in [-0.15, -0.1) is 0 Å². The summed E-state index contributed by atoms with van der Waals surface area (Å²) in [6.45, 7) is -0.605. The molecule has 0 aromatic heterocycles. The summed E-state index contributed by atoms with van der Waals surface area (Å²) in [5, 5.41) is 2.33. The normalized spacial score (nSPS) is 10.1. The Balaban J connectivity index is 2.08. The van der Waals surface area contributed by atoms with Crippen LogP contribution in [-0.4, -0.2) is 39.8 Å². The van der Waals surface area contributed by atoms with Gasteiger partial charge in [0.15, 0.2) is 18.1 Å². The molecule has 1 N–H and O–H groups in total. The Morgan fingerprint density at radius 3 is 2.33 bits per heavy atom. The molecule has 0 atom stereocenters. The van der Waals surface area contributed by atoms with E-state index in [0.29, 0.717) is 10.2 Å². The van der Waals surface area contributed by atoms with Gasteiger partial charge in [-0.05, 0) is 30.3 Å². The average Bonchev–Trinajstić information content (AvgIpc) is 2.66. The van der Waals surface area contributed by atoms with E-state index >= 15 is 0 Å². The lowest BCUT2D eigenvalue weighted by Gasteiger charge is -2.15. The van der Waals surface area contributed by atoms with Crippen LogP contribution < -0.4 is 19.5 Å². The van der Waals surface area contributed by atoms with E-state index in [1.807, 2.05) is 0 Å². The zero-order valence-electron chi connectivity index (χ0n) is 14.8. The zero-order chi connectivity index (χ0) is 20.0. The third-order valence-corrected chi connectivity index (χ3v) is 3.96. The van der Waals surface area contributed by atoms with E-state index in [4.69, 9.17) is 18.9 Å². The molecule has 0 fully saturated rings. The molecule has 2 aromatic rings. The van der Waals surface area contributed by atoms with Crippen LogP contribution in [0, 0.1) is 5.82 Å². The van der Waals surface area contributed by atoms with E-state index in [1.165, 1.54) is 45.6 Å². The highest BCUT2D eigenvalue weighted by Crippen LogP contribution is 2.39. The summed E-state index contributed by atoms with van der Waals surface area (Å²) >= 11 is 3.12. The van der Waals surface area contributed by atoms with Gasteiger partial charge in [-0.1, -0.05) is 15.9 Å². The van der Waals surface area contributed by atoms with Crippen molar-refractivity contribution >= 4 is 33.5 Å². The van der Waals surface area contributed by atoms with Gasteiger partial charge >= 0.3 is 5.97 Å². The highest BCUT2D eigenvalue weighted by molar-refractivity contribution is 9.10. The smallest absolute Gasteiger partial charge is 0.342 e. The molecule has 2 aromatic carbocycles. The molecule has 0 radical (unpaired) electrons. The summed E-state index contributed by atoms with van der Waals surface area (Å²) in [7, 11) is 4.20. The van der Waals surface area contributed by atoms with Crippen molar-refractivity contribution in [1.29, 1.82) is 0 Å². The van der Waals surface area contributed by atoms with Crippen LogP contribution in [0.25, 0.3) is 0 Å². The number of anilines is 1. The van der Waals surface area contributed by atoms with Gasteiger partial charge < -0.3 is 24.3 Å². The maximum Gasteiger partial charge on any atom is 0.342 e. The molecular weight excluding hydrogens is 425 g/mol. The number of carbonyl (C=O) groups is 2. The van der Waals surface area contributed by atoms with Gasteiger partial charge in [-0.25, -0.2) is 9.18 Å². The van der Waals surface area contributed by atoms with Crippen LogP contribution in [0.15, 0.2) is 34.8 Å². The first-order chi connectivity index (χ1) is 12.9. The van der Waals surface area contributed by atoms with Crippen molar-refractivity contribution in [2.45, 2.75) is 0 Å². The van der Waals surface area contributed by atoms with Crippen LogP contribution in [0.2, 0.25) is 0 Å². The molecular formula is C18H17BrFNO6. The van der Waals surface area contributed by atoms with Crippen LogP contribution in [0.5, 0.6) is 17.2 Å². The molecule has 0 unspecified atom stereocenters. The predicted molar refractivity (Wildman–Crippen MR) is 99.1 cm³/mol. The van der Waals surface area contributed by atoms with Crippen molar-refractivity contribution in [1.82, 2.24) is 0 Å². The van der Waals surface area contributed by atoms with Crippen molar-refractivity contribution in [3.05, 3.63) is 46.2 Å². The third kappa shape index (κ3) is 4.88. The second kappa shape index (κ2) is 9.22. The van der Waals surface area contributed by atoms with Crippen LogP contribution in [0.4, 0.5) is 10.1 Å². The van der Waals surface area contributed by atoms with E-state index < -0.39 is 24.3 Å². The van der Waals surface area contributed by atoms with Gasteiger partial charge in [0.1, 0.15) is 11.4 Å². The minimum Gasteiger partial charge on any atom is -0.493 e. The first-order valence-corrected chi connectivity index (χ1v) is 8.41. The lowest BCUT2D eigenvalue weighted by Crippen LogP contribution is -2.21. The second-order valence-corrected chi connectivity index (χ2v) is 6.05. The number of hydrogen-bond donors (Lipinski definition) is 1. The molecule has 0 aliphatic heterocycles. The van der Waals surface area contributed by atoms with Crippen molar-refractivity contribution in [3.63, 3.8) is 0 Å². The molecule has 9 heteroatoms. The van der Waals surface area contributed by atoms with E-state index in [1.54, 1.807) is 6.07 Å². The Kier molecular flexibility index (Phi) is 7.00. The number of ether oxygens (including phenoxy) is 4. The fourth-order valence-corrected chi connectivity index (χ4v) is 2.58. The molecule has 1 amide bonds. The first kappa shape index (κ1) is 20.5. The van der Waals surface area contributed by atoms with Gasteiger partial charge in [-0.2, -0.15) is 0 Å². The Labute approximate surface area is 163 Å². The highest BCUT2D eigenvalue weighted by atomic mass is 79.9. The number of amides is 1. The quantitative estimate of drug-likeness (QED) is 0.662. The van der Waals surface area contributed by atoms with Crippen molar-refractivity contribution in [2.75, 3.05) is 33.3 Å². The average molecular weight is 442 g/mol. The molecule has 0 aliphatic rings. The summed E-state index contributed by atoms with van der Waals surface area (Å²) < 4.78 is 34.8. The van der Waals surface area contributed by atoms with Gasteiger partial charge in [-0.3, -0.25) is 4.79 Å². The third-order valence-electron chi connectivity index (χ3n) is 3.46. The molecule has 0 spiro atoms. The summed E-state index contributed by atoms with van der Waals surface area (Å²) in [6.07, 6.45) is 0. The molecule has 7 nitrogen and oxygen atoms in total. The van der Waals surface area contributed by atoms with Crippen LogP contribution in [0.3, 0.4) is 0 Å². The topological polar surface area (TPSA) is 83.1 Å². The Morgan fingerprint density at radius 1 is 1.04 bits per heavy atom. The largest absolute Gasteiger partial charge is 0.493 e. The lowest BCUT2D eigenvalue weighted by atomic mass is 10.1. The fraction of sp³-hybridized carbons (Fsp3) is 0.222. The minimum atomic E-state index is -0.806. The number of carbonyl (C=O) groups excluding carboxylic acids is 2. The number of benzene rings is 2. The number of methoxy groups -OCH3 is 3. The van der Waals surface area contributed by atoms with Crippen LogP contribution in [0.1, 0.15) is 10.4 Å². The molecule has 0 saturated carbocycles. The molecule has 0 bridgehead atoms. The van der Waals surface area contributed by atoms with Crippen molar-refractivity contribution in [2.24, 2.45) is 0 Å². The molecule has 144 valence electrons. The zero-order valence-corrected chi connectivity index (χ0v) is 16.4. The minimum absolute atomic E-state index is 0.0250. The second-order valence-electron chi connectivity index (χ2n) is 5.13. The predicted octanol–water partition coefficient (Wildman–Crippen LogP) is 3.41. The van der Waals surface area contributed by atoms with Crippen molar-refractivity contribution in [3.8, 4) is 17.2 Å². The van der Waals surface area contributed by atoms with Crippen LogP contribution in [-0.2, 0) is 9.53 Å². The van der Waals surface area contributed by atoms with Gasteiger partial charge in [0, 0.05) is 4.47 Å². The lowest BCUT2D eigenvalue weighted by molar-refractivity contribution is -0.119. The summed E-state index contributed by atoms with van der Waals surface area (Å²) in [5.74, 6) is -1.42. The molecule has 0 heterocycles. The summed E-state index contributed by atoms with van der Waals surface area (Å²) in [4.78, 5) is 24.2. The molecule has 27 heavy (non-hydrogen) atoms. The maximum absolute atomic E-state index is 13.7.